The number of nitrogens with zero attached hydrogens (tertiary/aromatic N) is 3. The fourth-order valence-electron chi connectivity index (χ4n) is 2.19. The van der Waals surface area contributed by atoms with Gasteiger partial charge in [-0.3, -0.25) is 0 Å². The highest BCUT2D eigenvalue weighted by Gasteiger charge is 2.12. The van der Waals surface area contributed by atoms with Crippen LogP contribution in [-0.4, -0.2) is 40.5 Å². The summed E-state index contributed by atoms with van der Waals surface area (Å²) in [5.74, 6) is 1.48. The number of rotatable bonds is 8. The molecule has 19 heavy (non-hydrogen) atoms. The van der Waals surface area contributed by atoms with Crippen molar-refractivity contribution < 1.29 is 0 Å². The standard InChI is InChI=1S/C14H27N5/c1-5-8-12-13(15)16-10-17-14(12)18-11(4)9-19(6-2)7-3/h10-11H,5-9H2,1-4H3,(H3,15,16,17,18). The molecule has 3 N–H and O–H groups in total. The zero-order chi connectivity index (χ0) is 14.3. The van der Waals surface area contributed by atoms with Crippen molar-refractivity contribution in [3.63, 3.8) is 0 Å². The van der Waals surface area contributed by atoms with Gasteiger partial charge in [-0.05, 0) is 26.4 Å². The van der Waals surface area contributed by atoms with E-state index in [-0.39, 0.29) is 0 Å². The molecule has 1 atom stereocenters. The molecule has 108 valence electrons. The van der Waals surface area contributed by atoms with Crippen LogP contribution in [0.15, 0.2) is 6.33 Å². The highest BCUT2D eigenvalue weighted by Crippen LogP contribution is 2.19. The molecule has 1 unspecified atom stereocenters. The smallest absolute Gasteiger partial charge is 0.134 e. The Hall–Kier alpha value is -1.36. The molecule has 0 radical (unpaired) electrons. The molecule has 5 heteroatoms. The minimum absolute atomic E-state index is 0.338. The van der Waals surface area contributed by atoms with Crippen molar-refractivity contribution in [1.29, 1.82) is 0 Å². The van der Waals surface area contributed by atoms with E-state index in [0.29, 0.717) is 11.9 Å². The summed E-state index contributed by atoms with van der Waals surface area (Å²) in [6.45, 7) is 11.8. The predicted molar refractivity (Wildman–Crippen MR) is 81.3 cm³/mol. The first-order valence-electron chi connectivity index (χ1n) is 7.20. The number of hydrogen-bond acceptors (Lipinski definition) is 5. The number of anilines is 2. The lowest BCUT2D eigenvalue weighted by atomic mass is 10.1. The maximum Gasteiger partial charge on any atom is 0.134 e. The molecule has 0 spiro atoms. The van der Waals surface area contributed by atoms with Crippen molar-refractivity contribution in [2.24, 2.45) is 0 Å². The number of nitrogen functional groups attached to an aromatic ring is 1. The van der Waals surface area contributed by atoms with Gasteiger partial charge in [-0.2, -0.15) is 0 Å². The van der Waals surface area contributed by atoms with Crippen molar-refractivity contribution in [1.82, 2.24) is 14.9 Å². The summed E-state index contributed by atoms with van der Waals surface area (Å²) in [6, 6.07) is 0.338. The molecular formula is C14H27N5. The van der Waals surface area contributed by atoms with E-state index in [4.69, 9.17) is 5.73 Å². The van der Waals surface area contributed by atoms with E-state index in [9.17, 15) is 0 Å². The van der Waals surface area contributed by atoms with Crippen LogP contribution >= 0.6 is 0 Å². The first-order valence-corrected chi connectivity index (χ1v) is 7.20. The van der Waals surface area contributed by atoms with Crippen LogP contribution in [0.3, 0.4) is 0 Å². The predicted octanol–water partition coefficient (Wildman–Crippen LogP) is 2.15. The van der Waals surface area contributed by atoms with Crippen molar-refractivity contribution in [3.05, 3.63) is 11.9 Å². The number of nitrogens with two attached hydrogens (primary N) is 1. The van der Waals surface area contributed by atoms with Crippen molar-refractivity contribution >= 4 is 11.6 Å². The second-order valence-electron chi connectivity index (χ2n) is 4.87. The lowest BCUT2D eigenvalue weighted by molar-refractivity contribution is 0.294. The van der Waals surface area contributed by atoms with Gasteiger partial charge in [0.05, 0.1) is 0 Å². The molecule has 1 aromatic rings. The lowest BCUT2D eigenvalue weighted by Gasteiger charge is -2.24. The number of aromatic nitrogens is 2. The molecular weight excluding hydrogens is 238 g/mol. The van der Waals surface area contributed by atoms with Crippen molar-refractivity contribution in [3.8, 4) is 0 Å². The van der Waals surface area contributed by atoms with Crippen LogP contribution in [0.2, 0.25) is 0 Å². The third kappa shape index (κ3) is 4.67. The Kier molecular flexibility index (Phi) is 6.56. The van der Waals surface area contributed by atoms with Crippen LogP contribution < -0.4 is 11.1 Å². The summed E-state index contributed by atoms with van der Waals surface area (Å²) >= 11 is 0. The van der Waals surface area contributed by atoms with Gasteiger partial charge in [0.2, 0.25) is 0 Å². The van der Waals surface area contributed by atoms with Crippen LogP contribution in [0.4, 0.5) is 11.6 Å². The SMILES string of the molecule is CCCc1c(N)ncnc1NC(C)CN(CC)CC. The van der Waals surface area contributed by atoms with Crippen LogP contribution in [0, 0.1) is 0 Å². The Morgan fingerprint density at radius 1 is 1.26 bits per heavy atom. The maximum atomic E-state index is 5.94. The van der Waals surface area contributed by atoms with Gasteiger partial charge in [-0.25, -0.2) is 9.97 Å². The molecule has 1 rings (SSSR count). The fraction of sp³-hybridized carbons (Fsp3) is 0.714. The molecule has 0 aromatic carbocycles. The van der Waals surface area contributed by atoms with E-state index in [1.54, 1.807) is 0 Å². The summed E-state index contributed by atoms with van der Waals surface area (Å²) < 4.78 is 0. The minimum atomic E-state index is 0.338. The molecule has 0 amide bonds. The van der Waals surface area contributed by atoms with Gasteiger partial charge in [-0.1, -0.05) is 27.2 Å². The second-order valence-corrected chi connectivity index (χ2v) is 4.87. The van der Waals surface area contributed by atoms with Gasteiger partial charge in [0.25, 0.3) is 0 Å². The van der Waals surface area contributed by atoms with Crippen LogP contribution in [0.1, 0.15) is 39.7 Å². The highest BCUT2D eigenvalue weighted by atomic mass is 15.2. The molecule has 0 saturated heterocycles. The Morgan fingerprint density at radius 2 is 1.95 bits per heavy atom. The average molecular weight is 265 g/mol. The normalized spacial score (nSPS) is 12.7. The summed E-state index contributed by atoms with van der Waals surface area (Å²) in [4.78, 5) is 10.8. The van der Waals surface area contributed by atoms with Gasteiger partial charge in [0.15, 0.2) is 0 Å². The van der Waals surface area contributed by atoms with E-state index in [2.05, 4.69) is 47.9 Å². The monoisotopic (exact) mass is 265 g/mol. The fourth-order valence-corrected chi connectivity index (χ4v) is 2.19. The summed E-state index contributed by atoms with van der Waals surface area (Å²) in [6.07, 6.45) is 3.48. The number of hydrogen-bond donors (Lipinski definition) is 2. The zero-order valence-corrected chi connectivity index (χ0v) is 12.6. The van der Waals surface area contributed by atoms with Gasteiger partial charge < -0.3 is 16.0 Å². The molecule has 5 nitrogen and oxygen atoms in total. The van der Waals surface area contributed by atoms with E-state index in [1.165, 1.54) is 6.33 Å². The maximum absolute atomic E-state index is 5.94. The Labute approximate surface area is 116 Å². The molecule has 0 fully saturated rings. The van der Waals surface area contributed by atoms with Gasteiger partial charge in [-0.15, -0.1) is 0 Å². The quantitative estimate of drug-likeness (QED) is 0.754. The Morgan fingerprint density at radius 3 is 2.53 bits per heavy atom. The molecule has 0 bridgehead atoms. The van der Waals surface area contributed by atoms with E-state index in [0.717, 1.165) is 43.9 Å². The van der Waals surface area contributed by atoms with E-state index >= 15 is 0 Å². The average Bonchev–Trinajstić information content (AvgIpc) is 2.40. The van der Waals surface area contributed by atoms with Crippen LogP contribution in [0.25, 0.3) is 0 Å². The number of nitrogens with one attached hydrogen (secondary N) is 1. The molecule has 0 aliphatic heterocycles. The third-order valence-corrected chi connectivity index (χ3v) is 3.29. The van der Waals surface area contributed by atoms with Crippen molar-refractivity contribution in [2.75, 3.05) is 30.7 Å². The highest BCUT2D eigenvalue weighted by molar-refractivity contribution is 5.55. The third-order valence-electron chi connectivity index (χ3n) is 3.29. The van der Waals surface area contributed by atoms with E-state index in [1.807, 2.05) is 0 Å². The summed E-state index contributed by atoms with van der Waals surface area (Å²) in [5.41, 5.74) is 6.97. The lowest BCUT2D eigenvalue weighted by Crippen LogP contribution is -2.35. The molecule has 1 heterocycles. The zero-order valence-electron chi connectivity index (χ0n) is 12.6. The minimum Gasteiger partial charge on any atom is -0.383 e. The first kappa shape index (κ1) is 15.7. The van der Waals surface area contributed by atoms with Crippen LogP contribution in [0.5, 0.6) is 0 Å². The summed E-state index contributed by atoms with van der Waals surface area (Å²) in [7, 11) is 0. The van der Waals surface area contributed by atoms with Crippen molar-refractivity contribution in [2.45, 2.75) is 46.6 Å². The topological polar surface area (TPSA) is 67.1 Å². The Balaban J connectivity index is 2.73. The molecule has 0 aliphatic carbocycles. The Bertz CT molecular complexity index is 376. The van der Waals surface area contributed by atoms with Gasteiger partial charge in [0, 0.05) is 18.2 Å². The number of likely N-dealkylation sites (N-methyl/N-ethyl adjacent to an activating group) is 1. The molecule has 1 aromatic heterocycles. The largest absolute Gasteiger partial charge is 0.383 e. The van der Waals surface area contributed by atoms with Gasteiger partial charge >= 0.3 is 0 Å². The molecule has 0 aliphatic rings. The van der Waals surface area contributed by atoms with E-state index < -0.39 is 0 Å². The second kappa shape index (κ2) is 7.94. The van der Waals surface area contributed by atoms with Gasteiger partial charge in [0.1, 0.15) is 18.0 Å². The summed E-state index contributed by atoms with van der Waals surface area (Å²) in [5, 5.41) is 3.46. The first-order chi connectivity index (χ1) is 9.12. The molecule has 0 saturated carbocycles. The van der Waals surface area contributed by atoms with Crippen LogP contribution in [-0.2, 0) is 6.42 Å².